The van der Waals surface area contributed by atoms with E-state index in [0.717, 1.165) is 0 Å². The van der Waals surface area contributed by atoms with Gasteiger partial charge < -0.3 is 14.5 Å². The van der Waals surface area contributed by atoms with Crippen LogP contribution in [-0.2, 0) is 4.79 Å². The molecule has 0 aromatic heterocycles. The summed E-state index contributed by atoms with van der Waals surface area (Å²) in [7, 11) is 0. The smallest absolute Gasteiger partial charge is 0.260 e. The molecule has 2 aromatic carbocycles. The predicted molar refractivity (Wildman–Crippen MR) is 104 cm³/mol. The Balaban J connectivity index is 1.51. The molecule has 0 radical (unpaired) electrons. The molecule has 3 rings (SSSR count). The largest absolute Gasteiger partial charge is 0.481 e. The minimum Gasteiger partial charge on any atom is -0.481 e. The van der Waals surface area contributed by atoms with Gasteiger partial charge in [-0.2, -0.15) is 0 Å². The molecule has 27 heavy (non-hydrogen) atoms. The molecule has 0 bridgehead atoms. The summed E-state index contributed by atoms with van der Waals surface area (Å²) in [5.74, 6) is -0.861. The van der Waals surface area contributed by atoms with Crippen LogP contribution in [0.25, 0.3) is 0 Å². The average molecular weight is 456 g/mol. The predicted octanol–water partition coefficient (Wildman–Crippen LogP) is 3.61. The van der Waals surface area contributed by atoms with Gasteiger partial charge >= 0.3 is 0 Å². The molecular weight excluding hydrogens is 439 g/mol. The van der Waals surface area contributed by atoms with Crippen LogP contribution in [0, 0.1) is 5.82 Å². The average Bonchev–Trinajstić information content (AvgIpc) is 2.66. The van der Waals surface area contributed by atoms with Crippen molar-refractivity contribution in [3.63, 3.8) is 0 Å². The second-order valence-electron chi connectivity index (χ2n) is 6.05. The molecule has 0 unspecified atom stereocenters. The Bertz CT molecular complexity index is 857. The normalized spacial score (nSPS) is 14.2. The number of piperazine rings is 1. The van der Waals surface area contributed by atoms with Gasteiger partial charge in [0.2, 0.25) is 0 Å². The monoisotopic (exact) mass is 454 g/mol. The molecule has 0 aliphatic carbocycles. The van der Waals surface area contributed by atoms with Crippen molar-refractivity contribution in [2.24, 2.45) is 0 Å². The van der Waals surface area contributed by atoms with Gasteiger partial charge in [-0.1, -0.05) is 33.6 Å². The Morgan fingerprint density at radius 3 is 2.44 bits per heavy atom. The Morgan fingerprint density at radius 2 is 1.78 bits per heavy atom. The summed E-state index contributed by atoms with van der Waals surface area (Å²) in [5.41, 5.74) is 0.524. The summed E-state index contributed by atoms with van der Waals surface area (Å²) in [6.45, 7) is 1.39. The highest BCUT2D eigenvalue weighted by molar-refractivity contribution is 9.10. The van der Waals surface area contributed by atoms with Crippen molar-refractivity contribution in [3.05, 3.63) is 63.3 Å². The highest BCUT2D eigenvalue weighted by Crippen LogP contribution is 2.21. The van der Waals surface area contributed by atoms with Gasteiger partial charge in [-0.25, -0.2) is 4.39 Å². The summed E-state index contributed by atoms with van der Waals surface area (Å²) in [6, 6.07) is 11.2. The molecule has 142 valence electrons. The van der Waals surface area contributed by atoms with Gasteiger partial charge in [-0.3, -0.25) is 9.59 Å². The Labute approximate surface area is 169 Å². The van der Waals surface area contributed by atoms with Gasteiger partial charge in [0.25, 0.3) is 11.8 Å². The quantitative estimate of drug-likeness (QED) is 0.708. The van der Waals surface area contributed by atoms with E-state index in [9.17, 15) is 14.0 Å². The van der Waals surface area contributed by atoms with E-state index in [-0.39, 0.29) is 24.2 Å². The summed E-state index contributed by atoms with van der Waals surface area (Å²) in [4.78, 5) is 28.1. The fraction of sp³-hybridized carbons (Fsp3) is 0.263. The molecule has 0 spiro atoms. The fourth-order valence-electron chi connectivity index (χ4n) is 2.79. The molecule has 0 saturated carbocycles. The third-order valence-corrected chi connectivity index (χ3v) is 4.96. The Kier molecular flexibility index (Phi) is 6.34. The lowest BCUT2D eigenvalue weighted by Crippen LogP contribution is -2.51. The van der Waals surface area contributed by atoms with E-state index in [4.69, 9.17) is 16.3 Å². The van der Waals surface area contributed by atoms with Crippen molar-refractivity contribution in [1.29, 1.82) is 0 Å². The number of benzene rings is 2. The molecular formula is C19H17BrClFN2O3. The first-order valence-corrected chi connectivity index (χ1v) is 9.51. The molecule has 1 aliphatic rings. The van der Waals surface area contributed by atoms with Crippen LogP contribution in [0.3, 0.4) is 0 Å². The number of ether oxygens (including phenoxy) is 1. The van der Waals surface area contributed by atoms with Crippen molar-refractivity contribution in [2.45, 2.75) is 0 Å². The lowest BCUT2D eigenvalue weighted by Gasteiger charge is -2.34. The first kappa shape index (κ1) is 19.6. The second kappa shape index (κ2) is 8.71. The molecule has 1 aliphatic heterocycles. The highest BCUT2D eigenvalue weighted by Gasteiger charge is 2.25. The van der Waals surface area contributed by atoms with E-state index in [0.29, 0.717) is 41.2 Å². The van der Waals surface area contributed by atoms with Crippen LogP contribution in [0.15, 0.2) is 46.9 Å². The van der Waals surface area contributed by atoms with Gasteiger partial charge in [0.1, 0.15) is 0 Å². The summed E-state index contributed by atoms with van der Waals surface area (Å²) < 4.78 is 19.6. The number of halogens is 3. The zero-order valence-corrected chi connectivity index (χ0v) is 16.7. The number of carbonyl (C=O) groups is 2. The highest BCUT2D eigenvalue weighted by atomic mass is 79.9. The van der Waals surface area contributed by atoms with E-state index < -0.39 is 5.82 Å². The van der Waals surface area contributed by atoms with Crippen molar-refractivity contribution in [1.82, 2.24) is 9.80 Å². The lowest BCUT2D eigenvalue weighted by molar-refractivity contribution is -0.134. The molecule has 0 N–H and O–H groups in total. The van der Waals surface area contributed by atoms with E-state index >= 15 is 0 Å². The van der Waals surface area contributed by atoms with Crippen molar-refractivity contribution in [3.8, 4) is 5.75 Å². The first-order valence-electron chi connectivity index (χ1n) is 8.34. The van der Waals surface area contributed by atoms with Gasteiger partial charge in [0.15, 0.2) is 18.2 Å². The maximum Gasteiger partial charge on any atom is 0.260 e. The van der Waals surface area contributed by atoms with Crippen LogP contribution < -0.4 is 4.74 Å². The van der Waals surface area contributed by atoms with E-state index in [2.05, 4.69) is 15.9 Å². The van der Waals surface area contributed by atoms with Gasteiger partial charge in [-0.15, -0.1) is 0 Å². The van der Waals surface area contributed by atoms with Crippen LogP contribution in [0.4, 0.5) is 4.39 Å². The van der Waals surface area contributed by atoms with Crippen LogP contribution >= 0.6 is 27.5 Å². The van der Waals surface area contributed by atoms with E-state index in [1.165, 1.54) is 12.1 Å². The summed E-state index contributed by atoms with van der Waals surface area (Å²) in [5, 5.41) is 0.506. The van der Waals surface area contributed by atoms with Crippen LogP contribution in [0.1, 0.15) is 10.4 Å². The Hall–Kier alpha value is -2.12. The zero-order chi connectivity index (χ0) is 19.4. The second-order valence-corrected chi connectivity index (χ2v) is 7.40. The number of nitrogens with zero attached hydrogens (tertiary/aromatic N) is 2. The Morgan fingerprint density at radius 1 is 1.07 bits per heavy atom. The molecule has 5 nitrogen and oxygen atoms in total. The number of hydrogen-bond acceptors (Lipinski definition) is 3. The molecule has 1 saturated heterocycles. The summed E-state index contributed by atoms with van der Waals surface area (Å²) in [6.07, 6.45) is 0. The van der Waals surface area contributed by atoms with E-state index in [1.807, 2.05) is 0 Å². The topological polar surface area (TPSA) is 49.9 Å². The summed E-state index contributed by atoms with van der Waals surface area (Å²) >= 11 is 9.10. The van der Waals surface area contributed by atoms with Crippen LogP contribution in [0.2, 0.25) is 5.02 Å². The number of hydrogen-bond donors (Lipinski definition) is 0. The van der Waals surface area contributed by atoms with Crippen molar-refractivity contribution >= 4 is 39.3 Å². The molecule has 1 fully saturated rings. The van der Waals surface area contributed by atoms with Gasteiger partial charge in [0.05, 0.1) is 0 Å². The zero-order valence-electron chi connectivity index (χ0n) is 14.3. The third kappa shape index (κ3) is 4.99. The SMILES string of the molecule is O=C(COc1ccc(Br)cc1F)N1CCN(C(=O)c2cccc(Cl)c2)CC1. The van der Waals surface area contributed by atoms with Gasteiger partial charge in [-0.05, 0) is 36.4 Å². The molecule has 2 aromatic rings. The standard InChI is InChI=1S/C19H17BrClFN2O3/c20-14-4-5-17(16(22)11-14)27-12-18(25)23-6-8-24(9-7-23)19(26)13-2-1-3-15(21)10-13/h1-5,10-11H,6-9,12H2. The fourth-order valence-corrected chi connectivity index (χ4v) is 3.31. The number of carbonyl (C=O) groups excluding carboxylic acids is 2. The minimum absolute atomic E-state index is 0.0290. The van der Waals surface area contributed by atoms with Crippen molar-refractivity contribution in [2.75, 3.05) is 32.8 Å². The maximum atomic E-state index is 13.7. The van der Waals surface area contributed by atoms with E-state index in [1.54, 1.807) is 40.1 Å². The van der Waals surface area contributed by atoms with Crippen LogP contribution in [0.5, 0.6) is 5.75 Å². The lowest BCUT2D eigenvalue weighted by atomic mass is 10.2. The minimum atomic E-state index is -0.533. The third-order valence-electron chi connectivity index (χ3n) is 4.24. The molecule has 2 amide bonds. The first-order chi connectivity index (χ1) is 12.9. The molecule has 0 atom stereocenters. The molecule has 1 heterocycles. The molecule has 8 heteroatoms. The van der Waals surface area contributed by atoms with Gasteiger partial charge in [0, 0.05) is 41.2 Å². The van der Waals surface area contributed by atoms with Crippen molar-refractivity contribution < 1.29 is 18.7 Å². The maximum absolute atomic E-state index is 13.7. The van der Waals surface area contributed by atoms with Crippen LogP contribution in [-0.4, -0.2) is 54.4 Å². The number of rotatable bonds is 4. The number of amides is 2.